The van der Waals surface area contributed by atoms with Gasteiger partial charge in [-0.3, -0.25) is 0 Å². The summed E-state index contributed by atoms with van der Waals surface area (Å²) in [5.74, 6) is 0.533. The Morgan fingerprint density at radius 2 is 1.15 bits per heavy atom. The van der Waals surface area contributed by atoms with Crippen molar-refractivity contribution >= 4 is 69.6 Å². The molecule has 0 radical (unpaired) electrons. The molecular formula is C14H12Cl6. The molecule has 20 heavy (non-hydrogen) atoms. The van der Waals surface area contributed by atoms with Gasteiger partial charge in [0.15, 0.2) is 4.33 Å². The van der Waals surface area contributed by atoms with Gasteiger partial charge in [-0.15, -0.1) is 23.2 Å². The van der Waals surface area contributed by atoms with Gasteiger partial charge in [-0.1, -0.05) is 72.4 Å². The van der Waals surface area contributed by atoms with Gasteiger partial charge in [0, 0.05) is 0 Å². The maximum atomic E-state index is 6.89. The highest BCUT2D eigenvalue weighted by Gasteiger charge is 2.87. The number of hydrogen-bond acceptors (Lipinski definition) is 0. The number of hydrogen-bond donors (Lipinski definition) is 0. The average molecular weight is 393 g/mol. The normalized spacial score (nSPS) is 56.8. The molecule has 4 bridgehead atoms. The summed E-state index contributed by atoms with van der Waals surface area (Å²) in [5.41, 5.74) is 0.0680. The van der Waals surface area contributed by atoms with Crippen molar-refractivity contribution in [3.63, 3.8) is 0 Å². The molecular weight excluding hydrogens is 381 g/mol. The molecule has 6 atom stereocenters. The fourth-order valence-corrected chi connectivity index (χ4v) is 8.21. The van der Waals surface area contributed by atoms with E-state index in [1.54, 1.807) is 0 Å². The van der Waals surface area contributed by atoms with Crippen LogP contribution in [0.5, 0.6) is 0 Å². The lowest BCUT2D eigenvalue weighted by atomic mass is 9.75. The van der Waals surface area contributed by atoms with Crippen LogP contribution in [0.25, 0.3) is 0 Å². The number of allylic oxidation sites excluding steroid dienone is 4. The minimum absolute atomic E-state index is 0.0108. The standard InChI is InChI=1S/C14H12Cl6/c1-11(2)5-3-4-6(11)8-7(5)12(17)9(15)10(16)13(8,18)14(12,19)20/h3-8H,1-2H3. The number of alkyl halides is 4. The molecule has 0 saturated heterocycles. The first-order chi connectivity index (χ1) is 9.04. The van der Waals surface area contributed by atoms with Crippen LogP contribution >= 0.6 is 69.6 Å². The lowest BCUT2D eigenvalue weighted by molar-refractivity contribution is 0.234. The van der Waals surface area contributed by atoms with Crippen molar-refractivity contribution in [1.82, 2.24) is 0 Å². The second-order valence-corrected chi connectivity index (χ2v) is 10.2. The van der Waals surface area contributed by atoms with Crippen molar-refractivity contribution in [1.29, 1.82) is 0 Å². The summed E-state index contributed by atoms with van der Waals surface area (Å²) in [6, 6.07) is 0. The SMILES string of the molecule is CC1(C)C2C=CC1C1C2C2(Cl)C(Cl)=C(Cl)C1(Cl)C2(Cl)Cl. The zero-order valence-electron chi connectivity index (χ0n) is 10.7. The lowest BCUT2D eigenvalue weighted by Crippen LogP contribution is -2.47. The fraction of sp³-hybridized carbons (Fsp3) is 0.714. The molecule has 0 aromatic heterocycles. The molecule has 0 aromatic rings. The molecule has 0 aliphatic heterocycles. The topological polar surface area (TPSA) is 0 Å². The minimum atomic E-state index is -1.40. The molecule has 6 unspecified atom stereocenters. The van der Waals surface area contributed by atoms with Gasteiger partial charge >= 0.3 is 0 Å². The van der Waals surface area contributed by atoms with E-state index in [1.807, 2.05) is 0 Å². The molecule has 6 heteroatoms. The van der Waals surface area contributed by atoms with Crippen LogP contribution in [0.3, 0.4) is 0 Å². The van der Waals surface area contributed by atoms with E-state index in [9.17, 15) is 0 Å². The van der Waals surface area contributed by atoms with Crippen molar-refractivity contribution in [3.05, 3.63) is 22.2 Å². The van der Waals surface area contributed by atoms with Gasteiger partial charge in [0.05, 0.1) is 10.1 Å². The van der Waals surface area contributed by atoms with Crippen molar-refractivity contribution in [2.45, 2.75) is 27.9 Å². The van der Waals surface area contributed by atoms with E-state index in [1.165, 1.54) is 0 Å². The Kier molecular flexibility index (Phi) is 2.70. The van der Waals surface area contributed by atoms with Gasteiger partial charge < -0.3 is 0 Å². The van der Waals surface area contributed by atoms with Crippen LogP contribution in [0.1, 0.15) is 13.8 Å². The van der Waals surface area contributed by atoms with Crippen molar-refractivity contribution in [2.24, 2.45) is 29.1 Å². The molecule has 0 amide bonds. The van der Waals surface area contributed by atoms with E-state index in [2.05, 4.69) is 26.0 Å². The van der Waals surface area contributed by atoms with Crippen LogP contribution in [0.4, 0.5) is 0 Å². The summed E-state index contributed by atoms with van der Waals surface area (Å²) < 4.78 is -1.40. The van der Waals surface area contributed by atoms with E-state index < -0.39 is 14.1 Å². The zero-order valence-corrected chi connectivity index (χ0v) is 15.3. The highest BCUT2D eigenvalue weighted by Crippen LogP contribution is 2.83. The summed E-state index contributed by atoms with van der Waals surface area (Å²) in [6.45, 7) is 4.46. The quantitative estimate of drug-likeness (QED) is 0.273. The minimum Gasteiger partial charge on any atom is -0.109 e. The van der Waals surface area contributed by atoms with Gasteiger partial charge in [0.25, 0.3) is 0 Å². The predicted molar refractivity (Wildman–Crippen MR) is 87.2 cm³/mol. The summed E-state index contributed by atoms with van der Waals surface area (Å²) >= 11 is 39.8. The summed E-state index contributed by atoms with van der Waals surface area (Å²) in [5, 5.41) is 0.637. The molecule has 0 aromatic carbocycles. The lowest BCUT2D eigenvalue weighted by Gasteiger charge is -2.38. The van der Waals surface area contributed by atoms with Crippen molar-refractivity contribution < 1.29 is 0 Å². The predicted octanol–water partition coefficient (Wildman–Crippen LogP) is 5.91. The van der Waals surface area contributed by atoms with Gasteiger partial charge in [-0.25, -0.2) is 0 Å². The average Bonchev–Trinajstić information content (AvgIpc) is 2.87. The molecule has 4 aliphatic rings. The van der Waals surface area contributed by atoms with Gasteiger partial charge in [0.2, 0.25) is 0 Å². The summed E-state index contributed by atoms with van der Waals surface area (Å²) in [6.07, 6.45) is 4.41. The Labute approximate surface area is 148 Å². The molecule has 0 nitrogen and oxygen atoms in total. The molecule has 0 spiro atoms. The third-order valence-corrected chi connectivity index (χ3v) is 10.4. The van der Waals surface area contributed by atoms with Gasteiger partial charge in [0.1, 0.15) is 9.75 Å². The molecule has 0 N–H and O–H groups in total. The molecule has 0 heterocycles. The van der Waals surface area contributed by atoms with E-state index in [4.69, 9.17) is 69.6 Å². The Morgan fingerprint density at radius 3 is 1.50 bits per heavy atom. The first-order valence-corrected chi connectivity index (χ1v) is 8.81. The second-order valence-electron chi connectivity index (χ2n) is 6.94. The molecule has 4 aliphatic carbocycles. The van der Waals surface area contributed by atoms with Gasteiger partial charge in [-0.05, 0) is 29.1 Å². The maximum absolute atomic E-state index is 6.89. The third kappa shape index (κ3) is 1.10. The van der Waals surface area contributed by atoms with Crippen LogP contribution in [0, 0.1) is 29.1 Å². The van der Waals surface area contributed by atoms with E-state index in [0.717, 1.165) is 0 Å². The van der Waals surface area contributed by atoms with E-state index in [0.29, 0.717) is 10.1 Å². The third-order valence-electron chi connectivity index (χ3n) is 6.07. The van der Waals surface area contributed by atoms with Crippen molar-refractivity contribution in [3.8, 4) is 0 Å². The molecule has 2 saturated carbocycles. The van der Waals surface area contributed by atoms with Crippen LogP contribution in [-0.4, -0.2) is 14.1 Å². The molecule has 2 fully saturated rings. The smallest absolute Gasteiger partial charge is 0.109 e. The fourth-order valence-electron chi connectivity index (χ4n) is 5.13. The Morgan fingerprint density at radius 1 is 0.800 bits per heavy atom. The molecule has 110 valence electrons. The zero-order chi connectivity index (χ0) is 14.9. The monoisotopic (exact) mass is 390 g/mol. The Bertz CT molecular complexity index is 544. The Hall–Kier alpha value is 1.22. The molecule has 4 rings (SSSR count). The highest BCUT2D eigenvalue weighted by atomic mass is 35.5. The second kappa shape index (κ2) is 3.65. The van der Waals surface area contributed by atoms with E-state index >= 15 is 0 Å². The van der Waals surface area contributed by atoms with Crippen LogP contribution in [0.15, 0.2) is 22.2 Å². The number of rotatable bonds is 0. The highest BCUT2D eigenvalue weighted by molar-refractivity contribution is 6.65. The largest absolute Gasteiger partial charge is 0.166 e. The Balaban J connectivity index is 2.03. The maximum Gasteiger partial charge on any atom is 0.166 e. The summed E-state index contributed by atoms with van der Waals surface area (Å²) in [7, 11) is 0. The summed E-state index contributed by atoms with van der Waals surface area (Å²) in [4.78, 5) is -2.22. The number of fused-ring (bicyclic) bond motifs is 9. The van der Waals surface area contributed by atoms with E-state index in [-0.39, 0.29) is 29.1 Å². The van der Waals surface area contributed by atoms with Crippen molar-refractivity contribution in [2.75, 3.05) is 0 Å². The first kappa shape index (κ1) is 14.8. The van der Waals surface area contributed by atoms with Crippen LogP contribution in [0.2, 0.25) is 0 Å². The van der Waals surface area contributed by atoms with Crippen LogP contribution in [-0.2, 0) is 0 Å². The first-order valence-electron chi connectivity index (χ1n) is 6.54. The number of halogens is 6. The van der Waals surface area contributed by atoms with Gasteiger partial charge in [-0.2, -0.15) is 0 Å². The van der Waals surface area contributed by atoms with Crippen LogP contribution < -0.4 is 0 Å².